The summed E-state index contributed by atoms with van der Waals surface area (Å²) in [6, 6.07) is 6.98. The monoisotopic (exact) mass is 291 g/mol. The lowest BCUT2D eigenvalue weighted by atomic mass is 10.0. The number of aliphatic carboxylic acids is 1. The van der Waals surface area contributed by atoms with Crippen LogP contribution in [0.3, 0.4) is 0 Å². The number of carboxylic acid groups (broad SMARTS) is 1. The summed E-state index contributed by atoms with van der Waals surface area (Å²) in [5, 5.41) is 12.1. The summed E-state index contributed by atoms with van der Waals surface area (Å²) in [5.41, 5.74) is 1.95. The topological polar surface area (TPSA) is 49.3 Å². The molecule has 0 spiro atoms. The molecule has 2 aromatic carbocycles. The Bertz CT molecular complexity index is 666. The molecule has 2 aromatic rings. The maximum atomic E-state index is 13.4. The summed E-state index contributed by atoms with van der Waals surface area (Å²) in [7, 11) is 0. The fourth-order valence-electron chi connectivity index (χ4n) is 2.18. The van der Waals surface area contributed by atoms with Gasteiger partial charge in [-0.1, -0.05) is 6.07 Å². The van der Waals surface area contributed by atoms with Gasteiger partial charge in [0, 0.05) is 5.69 Å². The normalized spacial score (nSPS) is 12.0. The molecule has 1 unspecified atom stereocenters. The van der Waals surface area contributed by atoms with E-state index in [0.29, 0.717) is 22.4 Å². The van der Waals surface area contributed by atoms with E-state index in [1.807, 2.05) is 0 Å². The lowest BCUT2D eigenvalue weighted by molar-refractivity contribution is -0.138. The first-order chi connectivity index (χ1) is 9.86. The van der Waals surface area contributed by atoms with Crippen LogP contribution in [0.25, 0.3) is 0 Å². The highest BCUT2D eigenvalue weighted by Crippen LogP contribution is 2.25. The molecule has 21 heavy (non-hydrogen) atoms. The van der Waals surface area contributed by atoms with Crippen molar-refractivity contribution in [2.24, 2.45) is 0 Å². The lowest BCUT2D eigenvalue weighted by Crippen LogP contribution is -2.21. The first-order valence-electron chi connectivity index (χ1n) is 6.39. The van der Waals surface area contributed by atoms with Gasteiger partial charge in [0.1, 0.15) is 11.6 Å². The van der Waals surface area contributed by atoms with Gasteiger partial charge >= 0.3 is 5.97 Å². The highest BCUT2D eigenvalue weighted by Gasteiger charge is 2.22. The van der Waals surface area contributed by atoms with Gasteiger partial charge < -0.3 is 10.4 Å². The number of carbonyl (C=O) groups is 1. The van der Waals surface area contributed by atoms with E-state index >= 15 is 0 Å². The van der Waals surface area contributed by atoms with Gasteiger partial charge in [-0.15, -0.1) is 0 Å². The van der Waals surface area contributed by atoms with Crippen LogP contribution < -0.4 is 5.32 Å². The second-order valence-corrected chi connectivity index (χ2v) is 4.93. The van der Waals surface area contributed by atoms with Crippen LogP contribution >= 0.6 is 0 Å². The van der Waals surface area contributed by atoms with Crippen LogP contribution in [0.5, 0.6) is 0 Å². The molecule has 0 amide bonds. The number of hydrogen-bond donors (Lipinski definition) is 2. The number of carboxylic acids is 1. The molecule has 2 N–H and O–H groups in total. The van der Waals surface area contributed by atoms with Gasteiger partial charge in [0.2, 0.25) is 0 Å². The van der Waals surface area contributed by atoms with Crippen LogP contribution in [-0.4, -0.2) is 11.1 Å². The lowest BCUT2D eigenvalue weighted by Gasteiger charge is -2.18. The molecule has 3 nitrogen and oxygen atoms in total. The van der Waals surface area contributed by atoms with Gasteiger partial charge in [-0.3, -0.25) is 0 Å². The molecule has 0 aromatic heterocycles. The van der Waals surface area contributed by atoms with Gasteiger partial charge in [0.25, 0.3) is 0 Å². The second kappa shape index (κ2) is 5.91. The molecule has 0 fully saturated rings. The van der Waals surface area contributed by atoms with E-state index in [-0.39, 0.29) is 0 Å². The van der Waals surface area contributed by atoms with E-state index in [4.69, 9.17) is 0 Å². The number of aryl methyl sites for hydroxylation is 2. The maximum Gasteiger partial charge on any atom is 0.330 e. The fourth-order valence-corrected chi connectivity index (χ4v) is 2.18. The van der Waals surface area contributed by atoms with Crippen molar-refractivity contribution in [2.45, 2.75) is 19.9 Å². The van der Waals surface area contributed by atoms with Crippen molar-refractivity contribution in [3.05, 3.63) is 64.7 Å². The van der Waals surface area contributed by atoms with Crippen LogP contribution in [0.2, 0.25) is 0 Å². The van der Waals surface area contributed by atoms with Crippen LogP contribution in [-0.2, 0) is 4.79 Å². The van der Waals surface area contributed by atoms with E-state index in [1.54, 1.807) is 19.9 Å². The Labute approximate surface area is 121 Å². The quantitative estimate of drug-likeness (QED) is 0.900. The number of hydrogen-bond acceptors (Lipinski definition) is 2. The molecule has 1 atom stereocenters. The minimum Gasteiger partial charge on any atom is -0.479 e. The zero-order valence-electron chi connectivity index (χ0n) is 11.7. The van der Waals surface area contributed by atoms with Crippen molar-refractivity contribution >= 4 is 11.7 Å². The Balaban J connectivity index is 2.40. The zero-order chi connectivity index (χ0) is 15.6. The molecule has 5 heteroatoms. The number of anilines is 1. The first kappa shape index (κ1) is 15.0. The molecule has 0 aliphatic heterocycles. The first-order valence-corrected chi connectivity index (χ1v) is 6.39. The van der Waals surface area contributed by atoms with E-state index in [9.17, 15) is 18.7 Å². The molecular weight excluding hydrogens is 276 g/mol. The maximum absolute atomic E-state index is 13.4. The van der Waals surface area contributed by atoms with Crippen molar-refractivity contribution < 1.29 is 18.7 Å². The minimum atomic E-state index is -1.16. The van der Waals surface area contributed by atoms with Gasteiger partial charge in [0.15, 0.2) is 6.04 Å². The molecule has 2 rings (SSSR count). The molecule has 0 saturated heterocycles. The highest BCUT2D eigenvalue weighted by atomic mass is 19.1. The third kappa shape index (κ3) is 3.56. The molecule has 0 bridgehead atoms. The zero-order valence-corrected chi connectivity index (χ0v) is 11.7. The predicted octanol–water partition coefficient (Wildman–Crippen LogP) is 3.82. The molecule has 0 aliphatic rings. The molecule has 0 heterocycles. The molecule has 0 aliphatic carbocycles. The summed E-state index contributed by atoms with van der Waals surface area (Å²) in [4.78, 5) is 11.5. The van der Waals surface area contributed by atoms with Crippen LogP contribution in [0.4, 0.5) is 14.5 Å². The number of halogens is 2. The number of benzene rings is 2. The predicted molar refractivity (Wildman–Crippen MR) is 76.3 cm³/mol. The fraction of sp³-hybridized carbons (Fsp3) is 0.188. The van der Waals surface area contributed by atoms with Crippen LogP contribution in [0.1, 0.15) is 22.7 Å². The SMILES string of the molecule is Cc1cc(F)cc(NC(C(=O)O)c2cc(F)ccc2C)c1. The van der Waals surface area contributed by atoms with E-state index < -0.39 is 23.6 Å². The van der Waals surface area contributed by atoms with Crippen molar-refractivity contribution in [3.63, 3.8) is 0 Å². The number of nitrogens with one attached hydrogen (secondary N) is 1. The third-order valence-corrected chi connectivity index (χ3v) is 3.15. The number of rotatable bonds is 4. The van der Waals surface area contributed by atoms with Crippen molar-refractivity contribution in [3.8, 4) is 0 Å². The second-order valence-electron chi connectivity index (χ2n) is 4.93. The molecule has 0 radical (unpaired) electrons. The van der Waals surface area contributed by atoms with Crippen molar-refractivity contribution in [2.75, 3.05) is 5.32 Å². The Hall–Kier alpha value is -2.43. The summed E-state index contributed by atoms with van der Waals surface area (Å²) in [6.45, 7) is 3.40. The molecule has 0 saturated carbocycles. The Kier molecular flexibility index (Phi) is 4.21. The summed E-state index contributed by atoms with van der Waals surface area (Å²) >= 11 is 0. The average molecular weight is 291 g/mol. The highest BCUT2D eigenvalue weighted by molar-refractivity contribution is 5.79. The summed E-state index contributed by atoms with van der Waals surface area (Å²) < 4.78 is 26.7. The Morgan fingerprint density at radius 3 is 2.43 bits per heavy atom. The van der Waals surface area contributed by atoms with Crippen LogP contribution in [0.15, 0.2) is 36.4 Å². The van der Waals surface area contributed by atoms with Crippen molar-refractivity contribution in [1.29, 1.82) is 0 Å². The Morgan fingerprint density at radius 2 is 1.81 bits per heavy atom. The largest absolute Gasteiger partial charge is 0.479 e. The van der Waals surface area contributed by atoms with E-state index in [1.165, 1.54) is 30.3 Å². The molecule has 110 valence electrons. The Morgan fingerprint density at radius 1 is 1.10 bits per heavy atom. The summed E-state index contributed by atoms with van der Waals surface area (Å²) in [6.07, 6.45) is 0. The van der Waals surface area contributed by atoms with Crippen molar-refractivity contribution in [1.82, 2.24) is 0 Å². The molecular formula is C16H15F2NO2. The van der Waals surface area contributed by atoms with E-state index in [2.05, 4.69) is 5.32 Å². The van der Waals surface area contributed by atoms with Gasteiger partial charge in [-0.05, 0) is 60.9 Å². The van der Waals surface area contributed by atoms with Crippen LogP contribution in [0, 0.1) is 25.5 Å². The smallest absolute Gasteiger partial charge is 0.330 e. The minimum absolute atomic E-state index is 0.310. The average Bonchev–Trinajstić information content (AvgIpc) is 2.37. The summed E-state index contributed by atoms with van der Waals surface area (Å²) in [5.74, 6) is -2.14. The van der Waals surface area contributed by atoms with E-state index in [0.717, 1.165) is 0 Å². The van der Waals surface area contributed by atoms with Gasteiger partial charge in [0.05, 0.1) is 0 Å². The third-order valence-electron chi connectivity index (χ3n) is 3.15. The van der Waals surface area contributed by atoms with Gasteiger partial charge in [-0.2, -0.15) is 0 Å². The van der Waals surface area contributed by atoms with Gasteiger partial charge in [-0.25, -0.2) is 13.6 Å². The standard InChI is InChI=1S/C16H15F2NO2/c1-9-5-12(18)7-13(6-9)19-15(16(20)21)14-8-11(17)4-3-10(14)2/h3-8,15,19H,1-2H3,(H,20,21).